The van der Waals surface area contributed by atoms with Crippen molar-refractivity contribution in [1.29, 1.82) is 0 Å². The highest BCUT2D eigenvalue weighted by atomic mass is 32.2. The van der Waals surface area contributed by atoms with Crippen LogP contribution >= 0.6 is 0 Å². The maximum Gasteiger partial charge on any atom is 0.243 e. The molecule has 1 unspecified atom stereocenters. The van der Waals surface area contributed by atoms with Gasteiger partial charge in [0.05, 0.1) is 4.90 Å². The zero-order valence-electron chi connectivity index (χ0n) is 12.5. The van der Waals surface area contributed by atoms with Gasteiger partial charge >= 0.3 is 0 Å². The van der Waals surface area contributed by atoms with Gasteiger partial charge in [0.2, 0.25) is 10.0 Å². The van der Waals surface area contributed by atoms with Crippen molar-refractivity contribution in [3.63, 3.8) is 0 Å². The summed E-state index contributed by atoms with van der Waals surface area (Å²) in [5.74, 6) is 0. The molecule has 1 aliphatic rings. The summed E-state index contributed by atoms with van der Waals surface area (Å²) in [6, 6.07) is 5.54. The maximum absolute atomic E-state index is 12.8. The number of hydrogen-bond donors (Lipinski definition) is 1. The molecule has 1 aromatic rings. The fraction of sp³-hybridized carbons (Fsp3) is 0.600. The Morgan fingerprint density at radius 2 is 2.15 bits per heavy atom. The Bertz CT molecular complexity index is 569. The Labute approximate surface area is 122 Å². The molecule has 2 rings (SSSR count). The monoisotopic (exact) mass is 296 g/mol. The summed E-state index contributed by atoms with van der Waals surface area (Å²) in [5.41, 5.74) is 1.91. The van der Waals surface area contributed by atoms with Gasteiger partial charge in [0.25, 0.3) is 0 Å². The predicted octanol–water partition coefficient (Wildman–Crippen LogP) is 2.85. The largest absolute Gasteiger partial charge is 0.385 e. The Kier molecular flexibility index (Phi) is 4.70. The van der Waals surface area contributed by atoms with E-state index in [9.17, 15) is 8.42 Å². The van der Waals surface area contributed by atoms with Crippen LogP contribution in [0.15, 0.2) is 23.1 Å². The van der Waals surface area contributed by atoms with Gasteiger partial charge in [-0.1, -0.05) is 19.4 Å². The summed E-state index contributed by atoms with van der Waals surface area (Å²) in [6.07, 6.45) is 3.67. The van der Waals surface area contributed by atoms with Crippen LogP contribution in [0, 0.1) is 0 Å². The van der Waals surface area contributed by atoms with E-state index in [2.05, 4.69) is 12.2 Å². The van der Waals surface area contributed by atoms with Crippen LogP contribution in [0.1, 0.15) is 38.7 Å². The minimum Gasteiger partial charge on any atom is -0.385 e. The molecule has 0 amide bonds. The molecule has 0 aromatic heterocycles. The predicted molar refractivity (Wildman–Crippen MR) is 82.6 cm³/mol. The molecule has 0 aliphatic carbocycles. The van der Waals surface area contributed by atoms with Crippen molar-refractivity contribution < 1.29 is 8.42 Å². The van der Waals surface area contributed by atoms with Gasteiger partial charge in [0, 0.05) is 25.3 Å². The number of nitrogens with one attached hydrogen (secondary N) is 1. The highest BCUT2D eigenvalue weighted by molar-refractivity contribution is 7.89. The zero-order valence-corrected chi connectivity index (χ0v) is 13.3. The van der Waals surface area contributed by atoms with Gasteiger partial charge < -0.3 is 5.32 Å². The van der Waals surface area contributed by atoms with E-state index < -0.39 is 10.0 Å². The van der Waals surface area contributed by atoms with Crippen molar-refractivity contribution in [2.75, 3.05) is 18.9 Å². The van der Waals surface area contributed by atoms with E-state index in [1.165, 1.54) is 4.31 Å². The van der Waals surface area contributed by atoms with Gasteiger partial charge in [0.1, 0.15) is 0 Å². The number of nitrogens with zero attached hydrogens (tertiary/aromatic N) is 1. The van der Waals surface area contributed by atoms with Crippen LogP contribution in [0.5, 0.6) is 0 Å². The summed E-state index contributed by atoms with van der Waals surface area (Å²) in [5, 5.41) is 3.29. The van der Waals surface area contributed by atoms with Crippen LogP contribution in [-0.2, 0) is 16.4 Å². The third kappa shape index (κ3) is 2.83. The lowest BCUT2D eigenvalue weighted by molar-refractivity contribution is 0.368. The molecular weight excluding hydrogens is 272 g/mol. The van der Waals surface area contributed by atoms with Crippen LogP contribution in [0.2, 0.25) is 0 Å². The molecule has 5 heteroatoms. The van der Waals surface area contributed by atoms with Crippen molar-refractivity contribution in [3.05, 3.63) is 23.8 Å². The third-order valence-electron chi connectivity index (χ3n) is 4.04. The lowest BCUT2D eigenvalue weighted by Gasteiger charge is -2.27. The van der Waals surface area contributed by atoms with Gasteiger partial charge in [-0.2, -0.15) is 4.31 Å². The molecule has 1 atom stereocenters. The Morgan fingerprint density at radius 3 is 2.85 bits per heavy atom. The SMILES string of the molecule is CCCC(C)N(C)S(=O)(=O)c1cccc2c1CCCN2. The van der Waals surface area contributed by atoms with E-state index in [1.807, 2.05) is 19.1 Å². The molecule has 112 valence electrons. The van der Waals surface area contributed by atoms with E-state index in [4.69, 9.17) is 0 Å². The fourth-order valence-corrected chi connectivity index (χ4v) is 4.37. The van der Waals surface area contributed by atoms with Gasteiger partial charge in [-0.3, -0.25) is 0 Å². The fourth-order valence-electron chi connectivity index (χ4n) is 2.71. The average molecular weight is 296 g/mol. The molecule has 0 spiro atoms. The van der Waals surface area contributed by atoms with Crippen LogP contribution in [0.3, 0.4) is 0 Å². The van der Waals surface area contributed by atoms with Gasteiger partial charge in [0.15, 0.2) is 0 Å². The Balaban J connectivity index is 2.39. The standard InChI is InChI=1S/C15H24N2O2S/c1-4-7-12(2)17(3)20(18,19)15-10-5-9-14-13(15)8-6-11-16-14/h5,9-10,12,16H,4,6-8,11H2,1-3H3. The number of sulfonamides is 1. The maximum atomic E-state index is 12.8. The summed E-state index contributed by atoms with van der Waals surface area (Å²) in [7, 11) is -1.72. The van der Waals surface area contributed by atoms with Crippen molar-refractivity contribution in [3.8, 4) is 0 Å². The van der Waals surface area contributed by atoms with E-state index >= 15 is 0 Å². The third-order valence-corrected chi connectivity index (χ3v) is 6.09. The molecule has 0 bridgehead atoms. The van der Waals surface area contributed by atoms with Crippen LogP contribution in [0.25, 0.3) is 0 Å². The molecule has 1 aliphatic heterocycles. The zero-order chi connectivity index (χ0) is 14.8. The van der Waals surface area contributed by atoms with E-state index in [0.717, 1.165) is 43.5 Å². The summed E-state index contributed by atoms with van der Waals surface area (Å²) in [4.78, 5) is 0.465. The molecule has 1 aromatic carbocycles. The molecule has 1 heterocycles. The second kappa shape index (κ2) is 6.14. The quantitative estimate of drug-likeness (QED) is 0.909. The van der Waals surface area contributed by atoms with Crippen molar-refractivity contribution in [1.82, 2.24) is 4.31 Å². The van der Waals surface area contributed by atoms with Crippen LogP contribution < -0.4 is 5.32 Å². The summed E-state index contributed by atoms with van der Waals surface area (Å²) < 4.78 is 27.2. The minimum absolute atomic E-state index is 0.0254. The molecule has 1 N–H and O–H groups in total. The first-order valence-corrected chi connectivity index (χ1v) is 8.76. The molecular formula is C15H24N2O2S. The van der Waals surface area contributed by atoms with Crippen molar-refractivity contribution in [2.24, 2.45) is 0 Å². The molecule has 0 saturated heterocycles. The smallest absolute Gasteiger partial charge is 0.243 e. The summed E-state index contributed by atoms with van der Waals surface area (Å²) in [6.45, 7) is 4.96. The van der Waals surface area contributed by atoms with Crippen LogP contribution in [-0.4, -0.2) is 32.4 Å². The molecule has 4 nitrogen and oxygen atoms in total. The molecule has 0 fully saturated rings. The van der Waals surface area contributed by atoms with Crippen molar-refractivity contribution in [2.45, 2.75) is 50.5 Å². The number of anilines is 1. The number of hydrogen-bond acceptors (Lipinski definition) is 3. The van der Waals surface area contributed by atoms with Crippen molar-refractivity contribution >= 4 is 15.7 Å². The van der Waals surface area contributed by atoms with Gasteiger partial charge in [-0.15, -0.1) is 0 Å². The normalized spacial score (nSPS) is 16.6. The van der Waals surface area contributed by atoms with Gasteiger partial charge in [-0.25, -0.2) is 8.42 Å². The molecule has 20 heavy (non-hydrogen) atoms. The Hall–Kier alpha value is -1.07. The molecule has 0 radical (unpaired) electrons. The number of fused-ring (bicyclic) bond motifs is 1. The first-order valence-electron chi connectivity index (χ1n) is 7.32. The van der Waals surface area contributed by atoms with Gasteiger partial charge in [-0.05, 0) is 43.9 Å². The second-order valence-electron chi connectivity index (χ2n) is 5.47. The lowest BCUT2D eigenvalue weighted by atomic mass is 10.0. The van der Waals surface area contributed by atoms with E-state index in [1.54, 1.807) is 13.1 Å². The second-order valence-corrected chi connectivity index (χ2v) is 7.44. The number of rotatable bonds is 5. The highest BCUT2D eigenvalue weighted by Gasteiger charge is 2.28. The van der Waals surface area contributed by atoms with E-state index in [-0.39, 0.29) is 6.04 Å². The number of benzene rings is 1. The topological polar surface area (TPSA) is 49.4 Å². The van der Waals surface area contributed by atoms with Crippen LogP contribution in [0.4, 0.5) is 5.69 Å². The minimum atomic E-state index is -3.41. The first kappa shape index (κ1) is 15.3. The van der Waals surface area contributed by atoms with E-state index in [0.29, 0.717) is 4.90 Å². The lowest BCUT2D eigenvalue weighted by Crippen LogP contribution is -2.35. The molecule has 0 saturated carbocycles. The Morgan fingerprint density at radius 1 is 1.40 bits per heavy atom. The summed E-state index contributed by atoms with van der Waals surface area (Å²) >= 11 is 0. The highest BCUT2D eigenvalue weighted by Crippen LogP contribution is 2.30. The first-order chi connectivity index (χ1) is 9.48. The average Bonchev–Trinajstić information content (AvgIpc) is 2.46.